The Labute approximate surface area is 148 Å². The van der Waals surface area contributed by atoms with Crippen LogP contribution in [0.3, 0.4) is 0 Å². The maximum Gasteiger partial charge on any atom is 0.0974 e. The molecule has 1 nitrogen and oxygen atoms in total. The number of aliphatic imine (C=N–C) groups is 1. The number of hydrogen-bond donors (Lipinski definition) is 0. The van der Waals surface area contributed by atoms with Gasteiger partial charge in [-0.3, -0.25) is 0 Å². The Bertz CT molecular complexity index is 645. The van der Waals surface area contributed by atoms with Gasteiger partial charge in [-0.25, -0.2) is 4.99 Å². The van der Waals surface area contributed by atoms with E-state index in [2.05, 4.69) is 80.8 Å². The van der Waals surface area contributed by atoms with E-state index in [1.54, 1.807) is 11.8 Å². The molecule has 0 aliphatic rings. The van der Waals surface area contributed by atoms with Crippen LogP contribution in [0.4, 0.5) is 5.69 Å². The second-order valence-corrected chi connectivity index (χ2v) is 7.79. The Balaban J connectivity index is 2.11. The van der Waals surface area contributed by atoms with Crippen molar-refractivity contribution in [3.63, 3.8) is 0 Å². The highest BCUT2D eigenvalue weighted by molar-refractivity contribution is 8.15. The number of rotatable bonds is 6. The van der Waals surface area contributed by atoms with Crippen molar-refractivity contribution in [1.82, 2.24) is 0 Å². The molecule has 0 aliphatic heterocycles. The van der Waals surface area contributed by atoms with Crippen molar-refractivity contribution in [3.8, 4) is 0 Å². The van der Waals surface area contributed by atoms with Crippen molar-refractivity contribution in [2.24, 2.45) is 4.99 Å². The molecule has 0 aliphatic carbocycles. The Hall–Kier alpha value is -1.45. The fourth-order valence-corrected chi connectivity index (χ4v) is 3.45. The Morgan fingerprint density at radius 3 is 2.43 bits per heavy atom. The van der Waals surface area contributed by atoms with Crippen LogP contribution in [-0.4, -0.2) is 10.3 Å². The first-order valence-corrected chi connectivity index (χ1v) is 9.63. The molecule has 23 heavy (non-hydrogen) atoms. The molecular formula is C20H23NS2. The van der Waals surface area contributed by atoms with E-state index < -0.39 is 0 Å². The second kappa shape index (κ2) is 9.64. The van der Waals surface area contributed by atoms with Gasteiger partial charge in [0.2, 0.25) is 0 Å². The van der Waals surface area contributed by atoms with Gasteiger partial charge in [0, 0.05) is 10.1 Å². The third-order valence-corrected chi connectivity index (χ3v) is 5.35. The molecular weight excluding hydrogens is 318 g/mol. The van der Waals surface area contributed by atoms with Crippen molar-refractivity contribution >= 4 is 34.3 Å². The molecule has 0 heterocycles. The molecule has 1 atom stereocenters. The van der Waals surface area contributed by atoms with E-state index in [-0.39, 0.29) is 0 Å². The molecule has 3 heteroatoms. The summed E-state index contributed by atoms with van der Waals surface area (Å²) in [6.07, 6.45) is 3.26. The van der Waals surface area contributed by atoms with E-state index in [1.165, 1.54) is 10.5 Å². The molecule has 2 rings (SSSR count). The molecule has 2 aromatic carbocycles. The average Bonchev–Trinajstić information content (AvgIpc) is 2.57. The smallest absolute Gasteiger partial charge is 0.0974 e. The zero-order chi connectivity index (χ0) is 16.5. The van der Waals surface area contributed by atoms with Crippen LogP contribution in [0.5, 0.6) is 0 Å². The van der Waals surface area contributed by atoms with Crippen LogP contribution >= 0.6 is 23.5 Å². The van der Waals surface area contributed by atoms with Crippen LogP contribution < -0.4 is 0 Å². The Morgan fingerprint density at radius 2 is 1.78 bits per heavy atom. The fourth-order valence-electron chi connectivity index (χ4n) is 1.81. The lowest BCUT2D eigenvalue weighted by Crippen LogP contribution is -1.98. The molecule has 0 N–H and O–H groups in total. The summed E-state index contributed by atoms with van der Waals surface area (Å²) in [5.74, 6) is 0. The summed E-state index contributed by atoms with van der Waals surface area (Å²) in [6, 6.07) is 18.8. The molecule has 120 valence electrons. The van der Waals surface area contributed by atoms with E-state index in [1.807, 2.05) is 17.8 Å². The van der Waals surface area contributed by atoms with E-state index in [9.17, 15) is 0 Å². The maximum absolute atomic E-state index is 4.80. The van der Waals surface area contributed by atoms with E-state index >= 15 is 0 Å². The third-order valence-electron chi connectivity index (χ3n) is 3.33. The quantitative estimate of drug-likeness (QED) is 0.323. The normalized spacial score (nSPS) is 13.4. The minimum absolute atomic E-state index is 0.561. The minimum atomic E-state index is 0.561. The second-order valence-electron chi connectivity index (χ2n) is 5.36. The predicted octanol–water partition coefficient (Wildman–Crippen LogP) is 6.86. The Morgan fingerprint density at radius 1 is 1.09 bits per heavy atom. The Kier molecular flexibility index (Phi) is 7.50. The number of thioether (sulfide) groups is 2. The van der Waals surface area contributed by atoms with Gasteiger partial charge >= 0.3 is 0 Å². The summed E-state index contributed by atoms with van der Waals surface area (Å²) >= 11 is 3.55. The molecule has 0 aromatic heterocycles. The lowest BCUT2D eigenvalue weighted by molar-refractivity contribution is 0.911. The fraction of sp³-hybridized carbons (Fsp3) is 0.250. The van der Waals surface area contributed by atoms with E-state index in [4.69, 9.17) is 4.99 Å². The van der Waals surface area contributed by atoms with Gasteiger partial charge in [0.05, 0.1) is 10.7 Å². The summed E-state index contributed by atoms with van der Waals surface area (Å²) in [6.45, 7) is 6.55. The van der Waals surface area contributed by atoms with Crippen molar-refractivity contribution in [3.05, 3.63) is 71.6 Å². The first-order valence-electron chi connectivity index (χ1n) is 7.87. The zero-order valence-corrected chi connectivity index (χ0v) is 15.5. The van der Waals surface area contributed by atoms with Crippen molar-refractivity contribution in [2.75, 3.05) is 0 Å². The topological polar surface area (TPSA) is 12.4 Å². The monoisotopic (exact) mass is 341 g/mol. The first-order chi connectivity index (χ1) is 11.2. The molecule has 1 unspecified atom stereocenters. The van der Waals surface area contributed by atoms with Gasteiger partial charge in [0.25, 0.3) is 0 Å². The summed E-state index contributed by atoms with van der Waals surface area (Å²) in [7, 11) is 0. The number of hydrogen-bond acceptors (Lipinski definition) is 3. The highest BCUT2D eigenvalue weighted by atomic mass is 32.2. The standard InChI is InChI=1S/C20H23NS2/c1-4-17(3)23-20(21-18-12-10-16(2)11-13-18)14-15-22-19-8-6-5-7-9-19/h5-15,17H,4H2,1-3H3. The van der Waals surface area contributed by atoms with Crippen LogP contribution in [0, 0.1) is 6.92 Å². The summed E-state index contributed by atoms with van der Waals surface area (Å²) in [5.41, 5.74) is 2.27. The number of nitrogens with zero attached hydrogens (tertiary/aromatic N) is 1. The number of aryl methyl sites for hydroxylation is 1. The average molecular weight is 342 g/mol. The van der Waals surface area contributed by atoms with Crippen LogP contribution in [0.15, 0.2) is 76.0 Å². The zero-order valence-electron chi connectivity index (χ0n) is 13.9. The van der Waals surface area contributed by atoms with Gasteiger partial charge in [-0.1, -0.05) is 61.5 Å². The summed E-state index contributed by atoms with van der Waals surface area (Å²) in [5, 5.41) is 3.75. The van der Waals surface area contributed by atoms with Crippen molar-refractivity contribution in [2.45, 2.75) is 37.3 Å². The van der Waals surface area contributed by atoms with Crippen LogP contribution in [0.25, 0.3) is 0 Å². The molecule has 0 spiro atoms. The minimum Gasteiger partial charge on any atom is -0.242 e. The number of benzene rings is 2. The van der Waals surface area contributed by atoms with E-state index in [0.717, 1.165) is 17.2 Å². The van der Waals surface area contributed by atoms with Crippen molar-refractivity contribution < 1.29 is 0 Å². The largest absolute Gasteiger partial charge is 0.242 e. The predicted molar refractivity (Wildman–Crippen MR) is 107 cm³/mol. The highest BCUT2D eigenvalue weighted by Gasteiger charge is 2.04. The molecule has 0 fully saturated rings. The van der Waals surface area contributed by atoms with Gasteiger partial charge < -0.3 is 0 Å². The lowest BCUT2D eigenvalue weighted by atomic mass is 10.2. The molecule has 0 radical (unpaired) electrons. The van der Waals surface area contributed by atoms with Gasteiger partial charge in [0.15, 0.2) is 0 Å². The van der Waals surface area contributed by atoms with Gasteiger partial charge in [-0.05, 0) is 49.1 Å². The summed E-state index contributed by atoms with van der Waals surface area (Å²) in [4.78, 5) is 6.04. The highest BCUT2D eigenvalue weighted by Crippen LogP contribution is 2.24. The molecule has 0 saturated heterocycles. The van der Waals surface area contributed by atoms with E-state index in [0.29, 0.717) is 5.25 Å². The van der Waals surface area contributed by atoms with Crippen LogP contribution in [0.2, 0.25) is 0 Å². The molecule has 0 amide bonds. The SMILES string of the molecule is CCC(C)SC(C=CSc1ccccc1)=Nc1ccc(C)cc1. The maximum atomic E-state index is 4.80. The molecule has 0 saturated carbocycles. The summed E-state index contributed by atoms with van der Waals surface area (Å²) < 4.78 is 0. The molecule has 2 aromatic rings. The third kappa shape index (κ3) is 6.67. The lowest BCUT2D eigenvalue weighted by Gasteiger charge is -2.08. The van der Waals surface area contributed by atoms with Gasteiger partial charge in [-0.15, -0.1) is 11.8 Å². The van der Waals surface area contributed by atoms with Gasteiger partial charge in [0.1, 0.15) is 0 Å². The van der Waals surface area contributed by atoms with Crippen molar-refractivity contribution in [1.29, 1.82) is 0 Å². The molecule has 0 bridgehead atoms. The van der Waals surface area contributed by atoms with Crippen LogP contribution in [0.1, 0.15) is 25.8 Å². The van der Waals surface area contributed by atoms with Gasteiger partial charge in [-0.2, -0.15) is 0 Å². The first kappa shape index (κ1) is 17.9. The van der Waals surface area contributed by atoms with Crippen LogP contribution in [-0.2, 0) is 0 Å².